The van der Waals surface area contributed by atoms with Gasteiger partial charge in [-0.15, -0.1) is 0 Å². The van der Waals surface area contributed by atoms with Crippen molar-refractivity contribution in [2.75, 3.05) is 13.1 Å². The quantitative estimate of drug-likeness (QED) is 0.291. The number of nitrogens with two attached hydrogens (primary N) is 1. The smallest absolute Gasteiger partial charge is 0.189 e. The molecular weight excluding hydrogens is 220 g/mol. The Labute approximate surface area is 99.4 Å². The SMILES string of the molecule is NC(=NO)c1ncccc1CN1CCC(O)C1. The lowest BCUT2D eigenvalue weighted by Gasteiger charge is -2.16. The van der Waals surface area contributed by atoms with Crippen LogP contribution in [0.1, 0.15) is 17.7 Å². The second kappa shape index (κ2) is 5.11. The van der Waals surface area contributed by atoms with Crippen LogP contribution in [0.4, 0.5) is 0 Å². The lowest BCUT2D eigenvalue weighted by atomic mass is 10.1. The van der Waals surface area contributed by atoms with Crippen LogP contribution in [0.2, 0.25) is 0 Å². The van der Waals surface area contributed by atoms with Gasteiger partial charge in [0.1, 0.15) is 5.69 Å². The molecule has 2 rings (SSSR count). The molecule has 0 aliphatic carbocycles. The number of rotatable bonds is 3. The number of β-amino-alcohol motifs (C(OH)–C–C–N with tert-alkyl or cyclic N) is 1. The summed E-state index contributed by atoms with van der Waals surface area (Å²) in [7, 11) is 0. The van der Waals surface area contributed by atoms with E-state index in [2.05, 4.69) is 15.0 Å². The number of oxime groups is 1. The van der Waals surface area contributed by atoms with Gasteiger partial charge in [0, 0.05) is 25.8 Å². The average Bonchev–Trinajstić information content (AvgIpc) is 2.74. The van der Waals surface area contributed by atoms with Crippen molar-refractivity contribution >= 4 is 5.84 Å². The van der Waals surface area contributed by atoms with Gasteiger partial charge in [0.05, 0.1) is 6.10 Å². The van der Waals surface area contributed by atoms with Crippen LogP contribution in [-0.4, -0.2) is 45.2 Å². The van der Waals surface area contributed by atoms with Crippen LogP contribution in [0.25, 0.3) is 0 Å². The summed E-state index contributed by atoms with van der Waals surface area (Å²) in [6.45, 7) is 2.16. The molecule has 0 amide bonds. The summed E-state index contributed by atoms with van der Waals surface area (Å²) in [5.74, 6) is 0.0142. The number of aliphatic hydroxyl groups excluding tert-OH is 1. The van der Waals surface area contributed by atoms with Crippen molar-refractivity contribution in [2.24, 2.45) is 10.9 Å². The molecular formula is C11H16N4O2. The standard InChI is InChI=1S/C11H16N4O2/c12-11(14-17)10-8(2-1-4-13-10)6-15-5-3-9(16)7-15/h1-2,4,9,16-17H,3,5-7H2,(H2,12,14). The Morgan fingerprint density at radius 1 is 1.65 bits per heavy atom. The number of hydrogen-bond acceptors (Lipinski definition) is 5. The van der Waals surface area contributed by atoms with Crippen LogP contribution in [0.5, 0.6) is 0 Å². The van der Waals surface area contributed by atoms with E-state index in [0.717, 1.165) is 18.5 Å². The molecule has 1 aromatic heterocycles. The zero-order valence-electron chi connectivity index (χ0n) is 9.45. The third kappa shape index (κ3) is 2.72. The van der Waals surface area contributed by atoms with Crippen LogP contribution < -0.4 is 5.73 Å². The lowest BCUT2D eigenvalue weighted by Crippen LogP contribution is -2.25. The molecule has 0 spiro atoms. The summed E-state index contributed by atoms with van der Waals surface area (Å²) in [6.07, 6.45) is 2.15. The van der Waals surface area contributed by atoms with Crippen molar-refractivity contribution in [3.8, 4) is 0 Å². The monoisotopic (exact) mass is 236 g/mol. The Hall–Kier alpha value is -1.66. The first kappa shape index (κ1) is 11.8. The van der Waals surface area contributed by atoms with E-state index in [4.69, 9.17) is 10.9 Å². The average molecular weight is 236 g/mol. The van der Waals surface area contributed by atoms with Gasteiger partial charge in [0.25, 0.3) is 0 Å². The molecule has 1 unspecified atom stereocenters. The maximum atomic E-state index is 9.46. The van der Waals surface area contributed by atoms with Gasteiger partial charge in [-0.1, -0.05) is 11.2 Å². The summed E-state index contributed by atoms with van der Waals surface area (Å²) >= 11 is 0. The highest BCUT2D eigenvalue weighted by Gasteiger charge is 2.21. The van der Waals surface area contributed by atoms with Gasteiger partial charge in [0.2, 0.25) is 0 Å². The first-order chi connectivity index (χ1) is 8.20. The van der Waals surface area contributed by atoms with Gasteiger partial charge in [-0.2, -0.15) is 0 Å². The van der Waals surface area contributed by atoms with E-state index in [-0.39, 0.29) is 11.9 Å². The largest absolute Gasteiger partial charge is 0.409 e. The van der Waals surface area contributed by atoms with Gasteiger partial charge < -0.3 is 16.0 Å². The second-order valence-electron chi connectivity index (χ2n) is 4.17. The molecule has 1 aromatic rings. The first-order valence-electron chi connectivity index (χ1n) is 5.53. The van der Waals surface area contributed by atoms with E-state index in [0.29, 0.717) is 18.8 Å². The summed E-state index contributed by atoms with van der Waals surface area (Å²) in [4.78, 5) is 6.23. The number of amidine groups is 1. The topological polar surface area (TPSA) is 95.0 Å². The van der Waals surface area contributed by atoms with Gasteiger partial charge in [0.15, 0.2) is 5.84 Å². The van der Waals surface area contributed by atoms with E-state index >= 15 is 0 Å². The highest BCUT2D eigenvalue weighted by molar-refractivity contribution is 5.96. The Morgan fingerprint density at radius 3 is 3.12 bits per heavy atom. The van der Waals surface area contributed by atoms with Crippen molar-refractivity contribution in [2.45, 2.75) is 19.1 Å². The van der Waals surface area contributed by atoms with Crippen LogP contribution in [0, 0.1) is 0 Å². The van der Waals surface area contributed by atoms with Crippen LogP contribution in [0.3, 0.4) is 0 Å². The van der Waals surface area contributed by atoms with Crippen molar-refractivity contribution < 1.29 is 10.3 Å². The maximum absolute atomic E-state index is 9.46. The molecule has 1 atom stereocenters. The molecule has 6 heteroatoms. The van der Waals surface area contributed by atoms with Gasteiger partial charge >= 0.3 is 0 Å². The summed E-state index contributed by atoms with van der Waals surface area (Å²) in [5.41, 5.74) is 6.96. The second-order valence-corrected chi connectivity index (χ2v) is 4.17. The Kier molecular flexibility index (Phi) is 3.55. The molecule has 1 aliphatic heterocycles. The molecule has 1 saturated heterocycles. The highest BCUT2D eigenvalue weighted by atomic mass is 16.4. The fraction of sp³-hybridized carbons (Fsp3) is 0.455. The van der Waals surface area contributed by atoms with E-state index in [1.807, 2.05) is 12.1 Å². The lowest BCUT2D eigenvalue weighted by molar-refractivity contribution is 0.174. The molecule has 0 radical (unpaired) electrons. The number of nitrogens with zero attached hydrogens (tertiary/aromatic N) is 3. The summed E-state index contributed by atoms with van der Waals surface area (Å²) in [5, 5.41) is 21.1. The minimum absolute atomic E-state index is 0.0142. The molecule has 1 aliphatic rings. The zero-order valence-corrected chi connectivity index (χ0v) is 9.45. The van der Waals surface area contributed by atoms with E-state index in [1.165, 1.54) is 0 Å². The van der Waals surface area contributed by atoms with E-state index in [9.17, 15) is 5.11 Å². The zero-order chi connectivity index (χ0) is 12.3. The minimum atomic E-state index is -0.251. The predicted molar refractivity (Wildman–Crippen MR) is 62.6 cm³/mol. The summed E-state index contributed by atoms with van der Waals surface area (Å²) in [6, 6.07) is 3.71. The van der Waals surface area contributed by atoms with Crippen LogP contribution in [-0.2, 0) is 6.54 Å². The molecule has 0 saturated carbocycles. The normalized spacial score (nSPS) is 21.9. The van der Waals surface area contributed by atoms with Crippen molar-refractivity contribution in [3.05, 3.63) is 29.6 Å². The third-order valence-electron chi connectivity index (χ3n) is 2.88. The molecule has 0 bridgehead atoms. The van der Waals surface area contributed by atoms with Crippen molar-refractivity contribution in [3.63, 3.8) is 0 Å². The number of likely N-dealkylation sites (tertiary alicyclic amines) is 1. The molecule has 1 fully saturated rings. The Bertz CT molecular complexity index is 422. The third-order valence-corrected chi connectivity index (χ3v) is 2.88. The molecule has 92 valence electrons. The maximum Gasteiger partial charge on any atom is 0.189 e. The number of hydrogen-bond donors (Lipinski definition) is 3. The van der Waals surface area contributed by atoms with Gasteiger partial charge in [-0.05, 0) is 18.1 Å². The Morgan fingerprint density at radius 2 is 2.47 bits per heavy atom. The molecule has 2 heterocycles. The predicted octanol–water partition coefficient (Wildman–Crippen LogP) is -0.257. The van der Waals surface area contributed by atoms with E-state index < -0.39 is 0 Å². The molecule has 6 nitrogen and oxygen atoms in total. The van der Waals surface area contributed by atoms with Gasteiger partial charge in [-0.3, -0.25) is 9.88 Å². The number of pyridine rings is 1. The van der Waals surface area contributed by atoms with Crippen LogP contribution >= 0.6 is 0 Å². The van der Waals surface area contributed by atoms with Gasteiger partial charge in [-0.25, -0.2) is 0 Å². The fourth-order valence-corrected chi connectivity index (χ4v) is 2.04. The van der Waals surface area contributed by atoms with Crippen molar-refractivity contribution in [1.82, 2.24) is 9.88 Å². The van der Waals surface area contributed by atoms with Crippen LogP contribution in [0.15, 0.2) is 23.5 Å². The molecule has 0 aromatic carbocycles. The molecule has 17 heavy (non-hydrogen) atoms. The number of aliphatic hydroxyl groups is 1. The summed E-state index contributed by atoms with van der Waals surface area (Å²) < 4.78 is 0. The highest BCUT2D eigenvalue weighted by Crippen LogP contribution is 2.15. The molecule has 4 N–H and O–H groups in total. The Balaban J connectivity index is 2.15. The fourth-order valence-electron chi connectivity index (χ4n) is 2.04. The minimum Gasteiger partial charge on any atom is -0.409 e. The van der Waals surface area contributed by atoms with E-state index in [1.54, 1.807) is 6.20 Å². The first-order valence-corrected chi connectivity index (χ1v) is 5.53. The van der Waals surface area contributed by atoms with Crippen molar-refractivity contribution in [1.29, 1.82) is 0 Å². The number of aromatic nitrogens is 1.